The van der Waals surface area contributed by atoms with Crippen LogP contribution in [0.1, 0.15) is 34.1 Å². The highest BCUT2D eigenvalue weighted by Gasteiger charge is 2.49. The van der Waals surface area contributed by atoms with E-state index >= 15 is 0 Å². The zero-order valence-electron chi connectivity index (χ0n) is 11.7. The Kier molecular flexibility index (Phi) is 8.25. The molecule has 0 aliphatic heterocycles. The molecule has 8 heteroatoms. The molecule has 2 N–H and O–H groups in total. The average Bonchev–Trinajstić information content (AvgIpc) is 2.37. The fraction of sp³-hybridized carbons (Fsp3) is 0.909. The van der Waals surface area contributed by atoms with Gasteiger partial charge in [0.1, 0.15) is 0 Å². The Bertz CT molecular complexity index is 311. The van der Waals surface area contributed by atoms with Crippen LogP contribution >= 0.6 is 8.03 Å². The predicted molar refractivity (Wildman–Crippen MR) is 68.5 cm³/mol. The van der Waals surface area contributed by atoms with Crippen LogP contribution in [0.3, 0.4) is 0 Å². The summed E-state index contributed by atoms with van der Waals surface area (Å²) in [7, 11) is -2.45. The number of rotatable bonds is 10. The van der Waals surface area contributed by atoms with Crippen molar-refractivity contribution in [2.24, 2.45) is 5.73 Å². The zero-order chi connectivity index (χ0) is 15.1. The third-order valence-electron chi connectivity index (χ3n) is 2.58. The molecule has 0 aromatic carbocycles. The molecule has 0 heterocycles. The van der Waals surface area contributed by atoms with Crippen LogP contribution in [0.25, 0.3) is 0 Å². The Morgan fingerprint density at radius 3 is 2.11 bits per heavy atom. The van der Waals surface area contributed by atoms with Crippen LogP contribution in [-0.4, -0.2) is 36.9 Å². The standard InChI is InChI=1S/C11H21FNO5P/c1-5-11(4,8(12)9(13)14)18-19(15)10(16-6-2)17-7-3/h8,10H,5-7H2,1-4H3,(H-,13,14)/p+1. The second-order valence-corrected chi connectivity index (χ2v) is 5.20. The smallest absolute Gasteiger partial charge is 0.367 e. The van der Waals surface area contributed by atoms with Crippen LogP contribution in [0.15, 0.2) is 0 Å². The van der Waals surface area contributed by atoms with Crippen molar-refractivity contribution in [1.29, 1.82) is 0 Å². The Hall–Kier alpha value is -0.620. The quantitative estimate of drug-likeness (QED) is 0.493. The van der Waals surface area contributed by atoms with Crippen molar-refractivity contribution in [2.45, 2.75) is 51.9 Å². The first-order valence-electron chi connectivity index (χ1n) is 6.14. The topological polar surface area (TPSA) is 87.8 Å². The van der Waals surface area contributed by atoms with Crippen LogP contribution in [0.5, 0.6) is 0 Å². The average molecular weight is 298 g/mol. The number of hydrogen-bond acceptors (Lipinski definition) is 5. The summed E-state index contributed by atoms with van der Waals surface area (Å²) in [6, 6.07) is -1.09. The van der Waals surface area contributed by atoms with Crippen molar-refractivity contribution in [1.82, 2.24) is 0 Å². The van der Waals surface area contributed by atoms with Crippen LogP contribution in [-0.2, 0) is 23.4 Å². The third-order valence-corrected chi connectivity index (χ3v) is 3.82. The van der Waals surface area contributed by atoms with E-state index in [1.54, 1.807) is 20.8 Å². The molecule has 0 fully saturated rings. The van der Waals surface area contributed by atoms with Crippen molar-refractivity contribution in [3.8, 4) is 0 Å². The lowest BCUT2D eigenvalue weighted by atomic mass is 9.97. The van der Waals surface area contributed by atoms with E-state index < -0.39 is 31.7 Å². The Morgan fingerprint density at radius 1 is 1.32 bits per heavy atom. The monoisotopic (exact) mass is 298 g/mol. The number of hydrogen-bond donors (Lipinski definition) is 1. The maximum Gasteiger partial charge on any atom is 0.573 e. The van der Waals surface area contributed by atoms with Crippen molar-refractivity contribution >= 4 is 13.9 Å². The highest BCUT2D eigenvalue weighted by Crippen LogP contribution is 2.40. The molecule has 0 aliphatic carbocycles. The molecule has 112 valence electrons. The maximum absolute atomic E-state index is 13.8. The molecule has 0 rings (SSSR count). The number of amides is 1. The maximum atomic E-state index is 13.8. The molecule has 0 saturated heterocycles. The van der Waals surface area contributed by atoms with Crippen molar-refractivity contribution in [3.05, 3.63) is 0 Å². The molecular formula is C11H22FNO5P+. The van der Waals surface area contributed by atoms with Gasteiger partial charge in [0.05, 0.1) is 13.2 Å². The highest BCUT2D eigenvalue weighted by molar-refractivity contribution is 7.39. The SMILES string of the molecule is CCOC(OCC)[P+](=O)OC(C)(CC)C(F)C(N)=O. The van der Waals surface area contributed by atoms with Crippen LogP contribution in [0, 0.1) is 0 Å². The van der Waals surface area contributed by atoms with Crippen LogP contribution < -0.4 is 5.73 Å². The van der Waals surface area contributed by atoms with Crippen molar-refractivity contribution in [2.75, 3.05) is 13.2 Å². The van der Waals surface area contributed by atoms with Crippen LogP contribution in [0.2, 0.25) is 0 Å². The predicted octanol–water partition coefficient (Wildman–Crippen LogP) is 2.09. The van der Waals surface area contributed by atoms with Gasteiger partial charge in [-0.15, -0.1) is 4.52 Å². The third kappa shape index (κ3) is 5.48. The number of ether oxygens (including phenoxy) is 2. The Balaban J connectivity index is 4.84. The first-order chi connectivity index (χ1) is 8.82. The van der Waals surface area contributed by atoms with E-state index in [1.165, 1.54) is 6.92 Å². The van der Waals surface area contributed by atoms with Crippen LogP contribution in [0.4, 0.5) is 4.39 Å². The number of carbonyl (C=O) groups is 1. The molecule has 1 amide bonds. The molecule has 0 radical (unpaired) electrons. The number of alkyl halides is 1. The summed E-state index contributed by atoms with van der Waals surface area (Å²) < 4.78 is 41.1. The molecule has 0 aliphatic rings. The first kappa shape index (κ1) is 18.4. The second-order valence-electron chi connectivity index (χ2n) is 4.03. The van der Waals surface area contributed by atoms with Gasteiger partial charge in [0.2, 0.25) is 6.17 Å². The molecule has 0 spiro atoms. The van der Waals surface area contributed by atoms with Crippen molar-refractivity contribution in [3.63, 3.8) is 0 Å². The van der Waals surface area contributed by atoms with E-state index in [0.29, 0.717) is 0 Å². The highest BCUT2D eigenvalue weighted by atomic mass is 31.1. The van der Waals surface area contributed by atoms with Gasteiger partial charge in [-0.25, -0.2) is 4.39 Å². The molecule has 0 aromatic rings. The van der Waals surface area contributed by atoms with Gasteiger partial charge in [-0.05, 0) is 31.8 Å². The summed E-state index contributed by atoms with van der Waals surface area (Å²) in [5.74, 6) is -1.16. The molecule has 0 aromatic heterocycles. The van der Waals surface area contributed by atoms with E-state index in [0.717, 1.165) is 0 Å². The molecule has 3 unspecified atom stereocenters. The fourth-order valence-corrected chi connectivity index (χ4v) is 2.55. The van der Waals surface area contributed by atoms with Gasteiger partial charge in [-0.2, -0.15) is 0 Å². The molecule has 0 saturated carbocycles. The minimum atomic E-state index is -2.45. The summed E-state index contributed by atoms with van der Waals surface area (Å²) in [5, 5.41) is 0. The summed E-state index contributed by atoms with van der Waals surface area (Å²) in [4.78, 5) is 10.9. The lowest BCUT2D eigenvalue weighted by Gasteiger charge is -2.24. The molecular weight excluding hydrogens is 276 g/mol. The summed E-state index contributed by atoms with van der Waals surface area (Å²) in [6.45, 7) is 6.89. The summed E-state index contributed by atoms with van der Waals surface area (Å²) in [6.07, 6.45) is -1.93. The Morgan fingerprint density at radius 2 is 1.79 bits per heavy atom. The van der Waals surface area contributed by atoms with Gasteiger partial charge in [0.25, 0.3) is 5.91 Å². The number of halogens is 1. The van der Waals surface area contributed by atoms with E-state index in [4.69, 9.17) is 19.7 Å². The van der Waals surface area contributed by atoms with Gasteiger partial charge in [0.15, 0.2) is 5.60 Å². The van der Waals surface area contributed by atoms with E-state index in [2.05, 4.69) is 0 Å². The zero-order valence-corrected chi connectivity index (χ0v) is 12.6. The Labute approximate surface area is 113 Å². The second kappa shape index (κ2) is 8.53. The van der Waals surface area contributed by atoms with Crippen molar-refractivity contribution < 1.29 is 27.7 Å². The van der Waals surface area contributed by atoms with Gasteiger partial charge < -0.3 is 15.2 Å². The first-order valence-corrected chi connectivity index (χ1v) is 7.39. The fourth-order valence-electron chi connectivity index (χ4n) is 1.29. The lowest BCUT2D eigenvalue weighted by Crippen LogP contribution is -2.45. The summed E-state index contributed by atoms with van der Waals surface area (Å²) >= 11 is 0. The van der Waals surface area contributed by atoms with Gasteiger partial charge in [0, 0.05) is 0 Å². The van der Waals surface area contributed by atoms with E-state index in [9.17, 15) is 13.8 Å². The molecule has 19 heavy (non-hydrogen) atoms. The molecule has 0 bridgehead atoms. The van der Waals surface area contributed by atoms with Gasteiger partial charge in [-0.3, -0.25) is 4.79 Å². The number of primary amides is 1. The minimum Gasteiger partial charge on any atom is -0.367 e. The molecule has 6 nitrogen and oxygen atoms in total. The van der Waals surface area contributed by atoms with E-state index in [1.807, 2.05) is 0 Å². The molecule has 3 atom stereocenters. The number of carbonyl (C=O) groups excluding carboxylic acids is 1. The normalized spacial score (nSPS) is 17.1. The lowest BCUT2D eigenvalue weighted by molar-refractivity contribution is -0.132. The largest absolute Gasteiger partial charge is 0.573 e. The van der Waals surface area contributed by atoms with E-state index in [-0.39, 0.29) is 19.6 Å². The number of nitrogens with two attached hydrogens (primary N) is 1. The minimum absolute atomic E-state index is 0.128. The van der Waals surface area contributed by atoms with Gasteiger partial charge in [-0.1, -0.05) is 6.92 Å². The van der Waals surface area contributed by atoms with Gasteiger partial charge >= 0.3 is 14.1 Å². The summed E-state index contributed by atoms with van der Waals surface area (Å²) in [5.41, 5.74) is 3.35.